The molecule has 4 amide bonds. The summed E-state index contributed by atoms with van der Waals surface area (Å²) < 4.78 is 45.9. The number of ether oxygens (including phenoxy) is 3. The quantitative estimate of drug-likeness (QED) is 0.342. The predicted octanol–water partition coefficient (Wildman–Crippen LogP) is 4.37. The van der Waals surface area contributed by atoms with E-state index in [-0.39, 0.29) is 31.2 Å². The van der Waals surface area contributed by atoms with Gasteiger partial charge in [-0.3, -0.25) is 19.1 Å². The van der Waals surface area contributed by atoms with Crippen LogP contribution in [0.1, 0.15) is 86.0 Å². The Morgan fingerprint density at radius 2 is 1.78 bits per heavy atom. The standard InChI is InChI=1S/C39H53N5O9S/c1-23-12-7-8-13-25-20-39(25,36(47)43-54(49,50)27-14-11-15-27)42-33(45)30-19-26(52-34-29-17-10-9-16-28(29)31(51-6)21-40-34)22-44(30)35(46)32(24(2)18-23)41-37(48)53-38(3,4)5/h8-10,13,16-17,21,23-27,30,32H,7,11-12,14-15,18-20,22H2,1-6H3,(H,41,48)(H,42,45)(H,43,47)/b13-8-/t23-,24-,25-,26-,30+,32+,39-/m1/s1. The van der Waals surface area contributed by atoms with Crippen molar-refractivity contribution in [2.75, 3.05) is 13.7 Å². The average molecular weight is 768 g/mol. The summed E-state index contributed by atoms with van der Waals surface area (Å²) in [6, 6.07) is 5.27. The van der Waals surface area contributed by atoms with Crippen molar-refractivity contribution < 1.29 is 41.8 Å². The summed E-state index contributed by atoms with van der Waals surface area (Å²) in [5, 5.41) is 6.52. The first-order chi connectivity index (χ1) is 25.5. The normalized spacial score (nSPS) is 30.0. The molecule has 7 atom stereocenters. The number of carbonyl (C=O) groups excluding carboxylic acids is 4. The summed E-state index contributed by atoms with van der Waals surface area (Å²) >= 11 is 0. The van der Waals surface area contributed by atoms with E-state index in [9.17, 15) is 27.6 Å². The van der Waals surface area contributed by atoms with Crippen molar-refractivity contribution in [2.24, 2.45) is 17.8 Å². The molecule has 3 fully saturated rings. The van der Waals surface area contributed by atoms with Crippen molar-refractivity contribution in [1.82, 2.24) is 25.2 Å². The van der Waals surface area contributed by atoms with Gasteiger partial charge >= 0.3 is 6.09 Å². The number of rotatable bonds is 7. The Balaban J connectivity index is 1.35. The fourth-order valence-electron chi connectivity index (χ4n) is 7.79. The van der Waals surface area contributed by atoms with Crippen LogP contribution in [0.15, 0.2) is 42.6 Å². The summed E-state index contributed by atoms with van der Waals surface area (Å²) in [5.74, 6) is -1.68. The molecule has 0 spiro atoms. The average Bonchev–Trinajstić information content (AvgIpc) is 3.60. The molecule has 6 rings (SSSR count). The minimum Gasteiger partial charge on any atom is -0.494 e. The third kappa shape index (κ3) is 8.45. The maximum atomic E-state index is 14.7. The van der Waals surface area contributed by atoms with Gasteiger partial charge in [-0.1, -0.05) is 50.6 Å². The van der Waals surface area contributed by atoms with Crippen LogP contribution in [-0.2, 0) is 29.1 Å². The first kappa shape index (κ1) is 39.3. The molecule has 3 N–H and O–H groups in total. The molecule has 2 saturated carbocycles. The molecule has 2 aliphatic carbocycles. The first-order valence-electron chi connectivity index (χ1n) is 18.9. The van der Waals surface area contributed by atoms with Crippen LogP contribution in [0.2, 0.25) is 0 Å². The van der Waals surface area contributed by atoms with Crippen LogP contribution in [0, 0.1) is 17.8 Å². The number of alkyl carbamates (subject to hydrolysis) is 1. The van der Waals surface area contributed by atoms with E-state index in [0.29, 0.717) is 42.7 Å². The van der Waals surface area contributed by atoms with E-state index in [0.717, 1.165) is 18.2 Å². The number of fused-ring (bicyclic) bond motifs is 3. The number of aromatic nitrogens is 1. The fourth-order valence-corrected chi connectivity index (χ4v) is 9.35. The van der Waals surface area contributed by atoms with Gasteiger partial charge in [-0.25, -0.2) is 18.2 Å². The molecule has 0 unspecified atom stereocenters. The highest BCUT2D eigenvalue weighted by atomic mass is 32.2. The van der Waals surface area contributed by atoms with Gasteiger partial charge in [0.25, 0.3) is 5.91 Å². The highest BCUT2D eigenvalue weighted by Gasteiger charge is 2.62. The number of amides is 4. The Hall–Kier alpha value is -4.40. The Kier molecular flexibility index (Phi) is 11.2. The topological polar surface area (TPSA) is 182 Å². The molecule has 0 radical (unpaired) electrons. The third-order valence-corrected chi connectivity index (χ3v) is 12.9. The lowest BCUT2D eigenvalue weighted by molar-refractivity contribution is -0.142. The smallest absolute Gasteiger partial charge is 0.408 e. The van der Waals surface area contributed by atoms with Crippen molar-refractivity contribution >= 4 is 44.6 Å². The second-order valence-corrected chi connectivity index (χ2v) is 18.4. The van der Waals surface area contributed by atoms with E-state index in [1.807, 2.05) is 43.3 Å². The van der Waals surface area contributed by atoms with Crippen LogP contribution < -0.4 is 24.8 Å². The summed E-state index contributed by atoms with van der Waals surface area (Å²) in [6.07, 6.45) is 7.94. The Labute approximate surface area is 317 Å². The zero-order valence-corrected chi connectivity index (χ0v) is 32.7. The van der Waals surface area contributed by atoms with Crippen molar-refractivity contribution in [3.8, 4) is 11.6 Å². The van der Waals surface area contributed by atoms with Gasteiger partial charge < -0.3 is 29.7 Å². The SMILES string of the molecule is COc1cnc(O[C@@H]2C[C@H]3C(=O)N[C@]4(C(=O)NS(=O)(=O)C5CCC5)C[C@H]4/C=C\CC[C@@H](C)C[C@@H](C)[C@H](NC(=O)OC(C)(C)C)C(=O)N3C2)c2ccccc12. The number of hydrogen-bond acceptors (Lipinski definition) is 10. The number of allylic oxidation sites excluding steroid dienone is 1. The molecule has 1 aromatic heterocycles. The summed E-state index contributed by atoms with van der Waals surface area (Å²) in [7, 11) is -2.38. The zero-order valence-electron chi connectivity index (χ0n) is 31.9. The maximum absolute atomic E-state index is 14.7. The van der Waals surface area contributed by atoms with Crippen LogP contribution in [0.5, 0.6) is 11.6 Å². The lowest BCUT2D eigenvalue weighted by Crippen LogP contribution is -2.59. The molecule has 3 heterocycles. The molecule has 0 bridgehead atoms. The van der Waals surface area contributed by atoms with Gasteiger partial charge in [-0.2, -0.15) is 0 Å². The molecular formula is C39H53N5O9S. The largest absolute Gasteiger partial charge is 0.494 e. The van der Waals surface area contributed by atoms with Crippen LogP contribution >= 0.6 is 0 Å². The van der Waals surface area contributed by atoms with Crippen LogP contribution in [0.3, 0.4) is 0 Å². The third-order valence-electron chi connectivity index (χ3n) is 11.0. The monoisotopic (exact) mass is 767 g/mol. The molecule has 15 heteroatoms. The highest BCUT2D eigenvalue weighted by Crippen LogP contribution is 2.46. The van der Waals surface area contributed by atoms with Crippen LogP contribution in [-0.4, -0.2) is 90.3 Å². The summed E-state index contributed by atoms with van der Waals surface area (Å²) in [6.45, 7) is 9.16. The number of methoxy groups -OCH3 is 1. The zero-order chi connectivity index (χ0) is 39.0. The van der Waals surface area contributed by atoms with E-state index in [1.54, 1.807) is 34.1 Å². The first-order valence-corrected chi connectivity index (χ1v) is 20.5. The van der Waals surface area contributed by atoms with Gasteiger partial charge in [0, 0.05) is 23.1 Å². The van der Waals surface area contributed by atoms with Gasteiger partial charge in [-0.15, -0.1) is 0 Å². The number of nitrogens with one attached hydrogen (secondary N) is 3. The molecular weight excluding hydrogens is 715 g/mol. The van der Waals surface area contributed by atoms with Crippen molar-refractivity contribution in [1.29, 1.82) is 0 Å². The second-order valence-electron chi connectivity index (χ2n) is 16.4. The number of hydrogen-bond donors (Lipinski definition) is 3. The minimum atomic E-state index is -3.93. The van der Waals surface area contributed by atoms with Crippen molar-refractivity contribution in [3.63, 3.8) is 0 Å². The fraction of sp³-hybridized carbons (Fsp3) is 0.615. The van der Waals surface area contributed by atoms with E-state index in [2.05, 4.69) is 27.3 Å². The molecule has 14 nitrogen and oxygen atoms in total. The Bertz CT molecular complexity index is 1910. The lowest BCUT2D eigenvalue weighted by Gasteiger charge is -2.33. The second kappa shape index (κ2) is 15.4. The van der Waals surface area contributed by atoms with Gasteiger partial charge in [0.05, 0.1) is 25.1 Å². The van der Waals surface area contributed by atoms with Gasteiger partial charge in [0.1, 0.15) is 35.1 Å². The highest BCUT2D eigenvalue weighted by molar-refractivity contribution is 7.90. The molecule has 294 valence electrons. The number of nitrogens with zero attached hydrogens (tertiary/aromatic N) is 2. The van der Waals surface area contributed by atoms with Crippen molar-refractivity contribution in [2.45, 2.75) is 121 Å². The van der Waals surface area contributed by atoms with Gasteiger partial charge in [-0.05, 0) is 77.2 Å². The lowest BCUT2D eigenvalue weighted by atomic mass is 9.88. The number of benzene rings is 1. The number of pyridine rings is 1. The van der Waals surface area contributed by atoms with E-state index in [4.69, 9.17) is 14.2 Å². The molecule has 2 aromatic rings. The van der Waals surface area contributed by atoms with Gasteiger partial charge in [0.2, 0.25) is 27.7 Å². The molecule has 54 heavy (non-hydrogen) atoms. The minimum absolute atomic E-state index is 0.0215. The Morgan fingerprint density at radius 1 is 1.06 bits per heavy atom. The summed E-state index contributed by atoms with van der Waals surface area (Å²) in [5.41, 5.74) is -2.33. The van der Waals surface area contributed by atoms with E-state index < -0.39 is 74.3 Å². The molecule has 1 aromatic carbocycles. The van der Waals surface area contributed by atoms with Crippen molar-refractivity contribution in [3.05, 3.63) is 42.6 Å². The summed E-state index contributed by atoms with van der Waals surface area (Å²) in [4.78, 5) is 62.2. The number of sulfonamides is 1. The van der Waals surface area contributed by atoms with Gasteiger partial charge in [0.15, 0.2) is 0 Å². The number of carbonyl (C=O) groups is 4. The van der Waals surface area contributed by atoms with Crippen LogP contribution in [0.4, 0.5) is 4.79 Å². The predicted molar refractivity (Wildman–Crippen MR) is 201 cm³/mol. The van der Waals surface area contributed by atoms with E-state index >= 15 is 0 Å². The Morgan fingerprint density at radius 3 is 2.44 bits per heavy atom. The van der Waals surface area contributed by atoms with Crippen LogP contribution in [0.25, 0.3) is 10.8 Å². The molecule has 4 aliphatic rings. The molecule has 2 aliphatic heterocycles. The molecule has 1 saturated heterocycles. The maximum Gasteiger partial charge on any atom is 0.408 e. The van der Waals surface area contributed by atoms with E-state index in [1.165, 1.54) is 4.90 Å².